The Hall–Kier alpha value is -2.33. The molecule has 0 aliphatic heterocycles. The lowest BCUT2D eigenvalue weighted by Gasteiger charge is -2.10. The van der Waals surface area contributed by atoms with Crippen LogP contribution in [0, 0.1) is 6.92 Å². The van der Waals surface area contributed by atoms with Gasteiger partial charge in [-0.3, -0.25) is 9.59 Å². The van der Waals surface area contributed by atoms with E-state index in [1.165, 1.54) is 18.5 Å². The molecule has 25 heavy (non-hydrogen) atoms. The van der Waals surface area contributed by atoms with Gasteiger partial charge < -0.3 is 19.9 Å². The van der Waals surface area contributed by atoms with E-state index in [1.807, 2.05) is 0 Å². The third-order valence-electron chi connectivity index (χ3n) is 3.15. The van der Waals surface area contributed by atoms with Crippen molar-refractivity contribution >= 4 is 49.9 Å². The maximum atomic E-state index is 11.7. The minimum absolute atomic E-state index is 0.0932. The molecule has 1 aromatic heterocycles. The molecule has 1 heterocycles. The van der Waals surface area contributed by atoms with Gasteiger partial charge in [0.05, 0.1) is 23.5 Å². The van der Waals surface area contributed by atoms with Gasteiger partial charge in [-0.25, -0.2) is 5.43 Å². The van der Waals surface area contributed by atoms with Crippen molar-refractivity contribution in [1.29, 1.82) is 0 Å². The topological polar surface area (TPSA) is 124 Å². The van der Waals surface area contributed by atoms with Gasteiger partial charge in [0.25, 0.3) is 11.8 Å². The van der Waals surface area contributed by atoms with Crippen molar-refractivity contribution in [3.63, 3.8) is 0 Å². The van der Waals surface area contributed by atoms with E-state index in [2.05, 4.69) is 47.7 Å². The zero-order chi connectivity index (χ0) is 18.6. The molecule has 0 radical (unpaired) electrons. The molecule has 0 aliphatic rings. The van der Waals surface area contributed by atoms with Crippen LogP contribution in [0.1, 0.15) is 21.7 Å². The number of hydrogen-bond acceptors (Lipinski definition) is 6. The smallest absolute Gasteiger partial charge is 0.287 e. The molecule has 2 aromatic rings. The fourth-order valence-electron chi connectivity index (χ4n) is 1.82. The average molecular weight is 475 g/mol. The van der Waals surface area contributed by atoms with Crippen molar-refractivity contribution in [1.82, 2.24) is 10.7 Å². The van der Waals surface area contributed by atoms with Crippen LogP contribution in [-0.4, -0.2) is 34.8 Å². The molecule has 4 N–H and O–H groups in total. The van der Waals surface area contributed by atoms with E-state index < -0.39 is 11.8 Å². The number of rotatable bonds is 5. The lowest BCUT2D eigenvalue weighted by molar-refractivity contribution is -0.120. The number of carbonyl (C=O) groups is 2. The normalized spacial score (nSPS) is 10.8. The second-order valence-electron chi connectivity index (χ2n) is 4.82. The summed E-state index contributed by atoms with van der Waals surface area (Å²) >= 11 is 6.26. The van der Waals surface area contributed by atoms with Crippen LogP contribution in [0.2, 0.25) is 0 Å². The van der Waals surface area contributed by atoms with Crippen molar-refractivity contribution in [2.75, 3.05) is 6.54 Å². The third kappa shape index (κ3) is 4.40. The molecule has 10 heteroatoms. The molecule has 2 amide bonds. The Morgan fingerprint density at radius 2 is 2.00 bits per heavy atom. The summed E-state index contributed by atoms with van der Waals surface area (Å²) in [6.07, 6.45) is 2.58. The second-order valence-corrected chi connectivity index (χ2v) is 6.40. The number of hydrazone groups is 1. The highest BCUT2D eigenvalue weighted by molar-refractivity contribution is 9.11. The predicted molar refractivity (Wildman–Crippen MR) is 96.7 cm³/mol. The molecule has 8 nitrogen and oxygen atoms in total. The fraction of sp³-hybridized carbons (Fsp3) is 0.133. The lowest BCUT2D eigenvalue weighted by atomic mass is 10.1. The van der Waals surface area contributed by atoms with Gasteiger partial charge in [-0.2, -0.15) is 5.10 Å². The summed E-state index contributed by atoms with van der Waals surface area (Å²) in [5, 5.41) is 25.9. The van der Waals surface area contributed by atoms with Crippen molar-refractivity contribution in [3.8, 4) is 11.5 Å². The average Bonchev–Trinajstić information content (AvgIpc) is 3.14. The minimum atomic E-state index is -0.565. The van der Waals surface area contributed by atoms with E-state index in [0.717, 1.165) is 0 Å². The largest absolute Gasteiger partial charge is 0.506 e. The van der Waals surface area contributed by atoms with Crippen LogP contribution in [0.5, 0.6) is 11.5 Å². The number of nitrogens with one attached hydrogen (secondary N) is 2. The molecular weight excluding hydrogens is 462 g/mol. The second kappa shape index (κ2) is 8.17. The first-order valence-electron chi connectivity index (χ1n) is 6.86. The number of phenolic OH excluding ortho intramolecular Hbond substituents is 2. The van der Waals surface area contributed by atoms with Gasteiger partial charge in [-0.1, -0.05) is 0 Å². The number of hydrogen-bond donors (Lipinski definition) is 4. The number of furan rings is 1. The Bertz CT molecular complexity index is 805. The van der Waals surface area contributed by atoms with Crippen LogP contribution in [0.15, 0.2) is 36.9 Å². The molecule has 0 unspecified atom stereocenters. The Morgan fingerprint density at radius 3 is 2.64 bits per heavy atom. The van der Waals surface area contributed by atoms with Crippen molar-refractivity contribution < 1.29 is 24.2 Å². The number of amides is 2. The van der Waals surface area contributed by atoms with Crippen molar-refractivity contribution in [2.45, 2.75) is 6.92 Å². The summed E-state index contributed by atoms with van der Waals surface area (Å²) in [6.45, 7) is 1.35. The quantitative estimate of drug-likeness (QED) is 0.391. The van der Waals surface area contributed by atoms with Gasteiger partial charge in [0.15, 0.2) is 5.76 Å². The Morgan fingerprint density at radius 1 is 1.28 bits per heavy atom. The minimum Gasteiger partial charge on any atom is -0.506 e. The van der Waals surface area contributed by atoms with E-state index in [0.29, 0.717) is 15.6 Å². The Balaban J connectivity index is 1.97. The van der Waals surface area contributed by atoms with Gasteiger partial charge in [-0.15, -0.1) is 0 Å². The van der Waals surface area contributed by atoms with E-state index in [4.69, 9.17) is 4.42 Å². The maximum absolute atomic E-state index is 11.7. The number of carbonyl (C=O) groups excluding carboxylic acids is 2. The molecular formula is C15H13Br2N3O5. The van der Waals surface area contributed by atoms with Crippen molar-refractivity contribution in [3.05, 3.63) is 44.2 Å². The van der Waals surface area contributed by atoms with E-state index in [9.17, 15) is 19.8 Å². The number of phenols is 2. The Kier molecular flexibility index (Phi) is 6.21. The fourth-order valence-corrected chi connectivity index (χ4v) is 2.91. The number of benzene rings is 1. The molecule has 0 spiro atoms. The molecule has 0 saturated carbocycles. The standard InChI is InChI=1S/C15H13Br2N3O5/c1-7-8(13(22)12(17)14(23)11(7)16)5-19-20-10(21)6-18-15(24)9-3-2-4-25-9/h2-5,22-23H,6H2,1H3,(H,18,24)(H,20,21). The molecule has 132 valence electrons. The molecule has 0 saturated heterocycles. The number of halogens is 2. The summed E-state index contributed by atoms with van der Waals surface area (Å²) in [5.41, 5.74) is 3.05. The highest BCUT2D eigenvalue weighted by Crippen LogP contribution is 2.43. The lowest BCUT2D eigenvalue weighted by Crippen LogP contribution is -2.34. The number of aromatic hydroxyl groups is 2. The highest BCUT2D eigenvalue weighted by Gasteiger charge is 2.17. The summed E-state index contributed by atoms with van der Waals surface area (Å²) in [6, 6.07) is 3.03. The summed E-state index contributed by atoms with van der Waals surface area (Å²) in [4.78, 5) is 23.3. The first-order chi connectivity index (χ1) is 11.8. The first kappa shape index (κ1) is 19.0. The Labute approximate surface area is 159 Å². The van der Waals surface area contributed by atoms with E-state index in [1.54, 1.807) is 13.0 Å². The highest BCUT2D eigenvalue weighted by atomic mass is 79.9. The number of nitrogens with zero attached hydrogens (tertiary/aromatic N) is 1. The molecule has 2 rings (SSSR count). The summed E-state index contributed by atoms with van der Waals surface area (Å²) in [5.74, 6) is -1.36. The SMILES string of the molecule is Cc1c(Br)c(O)c(Br)c(O)c1C=NNC(=O)CNC(=O)c1ccco1. The van der Waals surface area contributed by atoms with E-state index >= 15 is 0 Å². The summed E-state index contributed by atoms with van der Waals surface area (Å²) < 4.78 is 5.38. The maximum Gasteiger partial charge on any atom is 0.287 e. The van der Waals surface area contributed by atoms with Crippen LogP contribution in [0.4, 0.5) is 0 Å². The van der Waals surface area contributed by atoms with Crippen LogP contribution in [0.3, 0.4) is 0 Å². The van der Waals surface area contributed by atoms with Gasteiger partial charge in [0.1, 0.15) is 16.0 Å². The van der Waals surface area contributed by atoms with Gasteiger partial charge in [0, 0.05) is 5.56 Å². The monoisotopic (exact) mass is 473 g/mol. The molecule has 1 aromatic carbocycles. The zero-order valence-electron chi connectivity index (χ0n) is 12.8. The first-order valence-corrected chi connectivity index (χ1v) is 8.44. The van der Waals surface area contributed by atoms with E-state index in [-0.39, 0.29) is 28.3 Å². The molecule has 0 bridgehead atoms. The van der Waals surface area contributed by atoms with Crippen LogP contribution < -0.4 is 10.7 Å². The predicted octanol–water partition coefficient (Wildman–Crippen LogP) is 2.40. The van der Waals surface area contributed by atoms with Crippen LogP contribution >= 0.6 is 31.9 Å². The van der Waals surface area contributed by atoms with Gasteiger partial charge in [0.2, 0.25) is 0 Å². The molecule has 0 atom stereocenters. The van der Waals surface area contributed by atoms with Gasteiger partial charge in [-0.05, 0) is 56.5 Å². The molecule has 0 aliphatic carbocycles. The zero-order valence-corrected chi connectivity index (χ0v) is 16.0. The van der Waals surface area contributed by atoms with Crippen molar-refractivity contribution in [2.24, 2.45) is 5.10 Å². The third-order valence-corrected chi connectivity index (χ3v) is 4.87. The van der Waals surface area contributed by atoms with Crippen LogP contribution in [0.25, 0.3) is 0 Å². The van der Waals surface area contributed by atoms with Crippen LogP contribution in [-0.2, 0) is 4.79 Å². The molecule has 0 fully saturated rings. The van der Waals surface area contributed by atoms with Gasteiger partial charge >= 0.3 is 0 Å². The summed E-state index contributed by atoms with van der Waals surface area (Å²) in [7, 11) is 0.